The van der Waals surface area contributed by atoms with E-state index >= 15 is 0 Å². The Hall–Kier alpha value is -1.51. The number of rotatable bonds is 6. The lowest BCUT2D eigenvalue weighted by atomic mass is 9.93. The quantitative estimate of drug-likeness (QED) is 0.492. The SMILES string of the molecule is CCNC(=NCC(C)(C)C(N)=O)NC1CCN(CC(F)(F)F)C1. The Labute approximate surface area is 134 Å². The number of guanidine groups is 1. The topological polar surface area (TPSA) is 82.7 Å². The summed E-state index contributed by atoms with van der Waals surface area (Å²) in [6, 6.07) is -0.105. The molecule has 134 valence electrons. The first kappa shape index (κ1) is 19.5. The van der Waals surface area contributed by atoms with Crippen molar-refractivity contribution in [2.24, 2.45) is 16.1 Å². The van der Waals surface area contributed by atoms with Gasteiger partial charge >= 0.3 is 6.18 Å². The van der Waals surface area contributed by atoms with Gasteiger partial charge in [0.15, 0.2) is 5.96 Å². The van der Waals surface area contributed by atoms with E-state index in [1.165, 1.54) is 4.90 Å². The van der Waals surface area contributed by atoms with Crippen LogP contribution in [-0.2, 0) is 4.79 Å². The Morgan fingerprint density at radius 1 is 1.39 bits per heavy atom. The number of hydrogen-bond acceptors (Lipinski definition) is 3. The molecule has 1 atom stereocenters. The first-order valence-electron chi connectivity index (χ1n) is 7.67. The number of carbonyl (C=O) groups is 1. The van der Waals surface area contributed by atoms with Crippen LogP contribution in [-0.4, -0.2) is 61.7 Å². The Morgan fingerprint density at radius 2 is 2.04 bits per heavy atom. The maximum Gasteiger partial charge on any atom is 0.401 e. The zero-order valence-electron chi connectivity index (χ0n) is 13.8. The zero-order valence-corrected chi connectivity index (χ0v) is 13.8. The molecule has 4 N–H and O–H groups in total. The maximum absolute atomic E-state index is 12.4. The number of likely N-dealkylation sites (tertiary alicyclic amines) is 1. The number of halogens is 3. The molecular formula is C14H26F3N5O. The fraction of sp³-hybridized carbons (Fsp3) is 0.857. The number of nitrogens with two attached hydrogens (primary N) is 1. The molecule has 0 saturated carbocycles. The lowest BCUT2D eigenvalue weighted by Gasteiger charge is -2.21. The third-order valence-corrected chi connectivity index (χ3v) is 3.66. The van der Waals surface area contributed by atoms with E-state index in [1.807, 2.05) is 6.92 Å². The largest absolute Gasteiger partial charge is 0.401 e. The zero-order chi connectivity index (χ0) is 17.7. The molecule has 1 amide bonds. The molecule has 0 radical (unpaired) electrons. The normalized spacial score (nSPS) is 20.6. The molecule has 0 aromatic carbocycles. The molecule has 1 rings (SSSR count). The van der Waals surface area contributed by atoms with Crippen molar-refractivity contribution < 1.29 is 18.0 Å². The lowest BCUT2D eigenvalue weighted by molar-refractivity contribution is -0.143. The first-order chi connectivity index (χ1) is 10.5. The molecule has 1 aliphatic rings. The monoisotopic (exact) mass is 337 g/mol. The van der Waals surface area contributed by atoms with Crippen molar-refractivity contribution in [2.45, 2.75) is 39.4 Å². The van der Waals surface area contributed by atoms with E-state index in [0.29, 0.717) is 32.0 Å². The molecule has 1 aliphatic heterocycles. The summed E-state index contributed by atoms with van der Waals surface area (Å²) in [5.41, 5.74) is 4.53. The molecule has 6 nitrogen and oxygen atoms in total. The number of amides is 1. The van der Waals surface area contributed by atoms with Gasteiger partial charge in [0.1, 0.15) is 0 Å². The molecule has 0 bridgehead atoms. The van der Waals surface area contributed by atoms with Crippen LogP contribution in [0.15, 0.2) is 4.99 Å². The van der Waals surface area contributed by atoms with E-state index in [0.717, 1.165) is 0 Å². The highest BCUT2D eigenvalue weighted by atomic mass is 19.4. The van der Waals surface area contributed by atoms with Crippen LogP contribution in [0.3, 0.4) is 0 Å². The van der Waals surface area contributed by atoms with E-state index < -0.39 is 24.0 Å². The van der Waals surface area contributed by atoms with Crippen LogP contribution < -0.4 is 16.4 Å². The third kappa shape index (κ3) is 7.06. The Balaban J connectivity index is 2.58. The smallest absolute Gasteiger partial charge is 0.369 e. The fourth-order valence-corrected chi connectivity index (χ4v) is 2.22. The predicted octanol–water partition coefficient (Wildman–Crippen LogP) is 0.690. The molecule has 0 aromatic heterocycles. The van der Waals surface area contributed by atoms with Crippen molar-refractivity contribution in [3.05, 3.63) is 0 Å². The highest BCUT2D eigenvalue weighted by Crippen LogP contribution is 2.20. The summed E-state index contributed by atoms with van der Waals surface area (Å²) in [4.78, 5) is 17.0. The van der Waals surface area contributed by atoms with Gasteiger partial charge in [-0.3, -0.25) is 14.7 Å². The summed E-state index contributed by atoms with van der Waals surface area (Å²) in [6.45, 7) is 5.91. The highest BCUT2D eigenvalue weighted by molar-refractivity contribution is 5.82. The Kier molecular flexibility index (Phi) is 6.67. The van der Waals surface area contributed by atoms with E-state index in [4.69, 9.17) is 5.73 Å². The van der Waals surface area contributed by atoms with Crippen LogP contribution in [0.1, 0.15) is 27.2 Å². The minimum absolute atomic E-state index is 0.105. The number of nitrogens with one attached hydrogen (secondary N) is 2. The Morgan fingerprint density at radius 3 is 2.57 bits per heavy atom. The molecule has 0 aromatic rings. The average molecular weight is 337 g/mol. The van der Waals surface area contributed by atoms with Gasteiger partial charge in [0.2, 0.25) is 5.91 Å². The Bertz CT molecular complexity index is 437. The summed E-state index contributed by atoms with van der Waals surface area (Å²) in [5, 5.41) is 6.15. The molecule has 1 heterocycles. The number of primary amides is 1. The van der Waals surface area contributed by atoms with Crippen LogP contribution >= 0.6 is 0 Å². The van der Waals surface area contributed by atoms with Gasteiger partial charge in [-0.15, -0.1) is 0 Å². The number of nitrogens with zero attached hydrogens (tertiary/aromatic N) is 2. The van der Waals surface area contributed by atoms with Crippen LogP contribution in [0.5, 0.6) is 0 Å². The number of alkyl halides is 3. The van der Waals surface area contributed by atoms with Crippen molar-refractivity contribution in [1.29, 1.82) is 0 Å². The van der Waals surface area contributed by atoms with E-state index in [9.17, 15) is 18.0 Å². The van der Waals surface area contributed by atoms with Gasteiger partial charge < -0.3 is 16.4 Å². The lowest BCUT2D eigenvalue weighted by Crippen LogP contribution is -2.46. The van der Waals surface area contributed by atoms with E-state index in [-0.39, 0.29) is 12.6 Å². The number of carbonyl (C=O) groups excluding carboxylic acids is 1. The summed E-state index contributed by atoms with van der Waals surface area (Å²) >= 11 is 0. The molecule has 1 unspecified atom stereocenters. The van der Waals surface area contributed by atoms with Gasteiger partial charge in [-0.25, -0.2) is 0 Å². The molecule has 1 saturated heterocycles. The minimum atomic E-state index is -4.18. The van der Waals surface area contributed by atoms with Crippen molar-refractivity contribution in [1.82, 2.24) is 15.5 Å². The van der Waals surface area contributed by atoms with Crippen molar-refractivity contribution in [3.8, 4) is 0 Å². The molecular weight excluding hydrogens is 311 g/mol. The second kappa shape index (κ2) is 7.85. The van der Waals surface area contributed by atoms with E-state index in [1.54, 1.807) is 13.8 Å². The molecule has 23 heavy (non-hydrogen) atoms. The van der Waals surface area contributed by atoms with Crippen LogP contribution in [0.2, 0.25) is 0 Å². The fourth-order valence-electron chi connectivity index (χ4n) is 2.22. The van der Waals surface area contributed by atoms with Crippen LogP contribution in [0.4, 0.5) is 13.2 Å². The molecule has 0 spiro atoms. The summed E-state index contributed by atoms with van der Waals surface area (Å²) in [5.74, 6) is 0.0370. The second-order valence-corrected chi connectivity index (χ2v) is 6.42. The van der Waals surface area contributed by atoms with Gasteiger partial charge in [0, 0.05) is 25.7 Å². The van der Waals surface area contributed by atoms with Crippen molar-refractivity contribution in [3.63, 3.8) is 0 Å². The van der Waals surface area contributed by atoms with E-state index in [2.05, 4.69) is 15.6 Å². The summed E-state index contributed by atoms with van der Waals surface area (Å²) < 4.78 is 37.2. The molecule has 1 fully saturated rings. The maximum atomic E-state index is 12.4. The minimum Gasteiger partial charge on any atom is -0.369 e. The molecule has 0 aliphatic carbocycles. The van der Waals surface area contributed by atoms with Crippen molar-refractivity contribution in [2.75, 3.05) is 32.7 Å². The van der Waals surface area contributed by atoms with Gasteiger partial charge in [0.05, 0.1) is 18.5 Å². The highest BCUT2D eigenvalue weighted by Gasteiger charge is 2.34. The van der Waals surface area contributed by atoms with Gasteiger partial charge in [-0.1, -0.05) is 0 Å². The third-order valence-electron chi connectivity index (χ3n) is 3.66. The van der Waals surface area contributed by atoms with Crippen LogP contribution in [0, 0.1) is 5.41 Å². The van der Waals surface area contributed by atoms with Crippen molar-refractivity contribution >= 4 is 11.9 Å². The van der Waals surface area contributed by atoms with Gasteiger partial charge in [-0.2, -0.15) is 13.2 Å². The standard InChI is InChI=1S/C14H26F3N5O/c1-4-19-12(20-8-13(2,3)11(18)23)21-10-5-6-22(7-10)9-14(15,16)17/h10H,4-9H2,1-3H3,(H2,18,23)(H2,19,20,21). The number of hydrogen-bond donors (Lipinski definition) is 3. The summed E-state index contributed by atoms with van der Waals surface area (Å²) in [6.07, 6.45) is -3.57. The second-order valence-electron chi connectivity index (χ2n) is 6.42. The molecule has 9 heteroatoms. The predicted molar refractivity (Wildman–Crippen MR) is 83.0 cm³/mol. The van der Waals surface area contributed by atoms with Gasteiger partial charge in [-0.05, 0) is 27.2 Å². The van der Waals surface area contributed by atoms with Crippen LogP contribution in [0.25, 0.3) is 0 Å². The summed E-state index contributed by atoms with van der Waals surface area (Å²) in [7, 11) is 0. The average Bonchev–Trinajstić information content (AvgIpc) is 2.81. The van der Waals surface area contributed by atoms with Gasteiger partial charge in [0.25, 0.3) is 0 Å². The first-order valence-corrected chi connectivity index (χ1v) is 7.67. The number of aliphatic imine (C=N–C) groups is 1.